The van der Waals surface area contributed by atoms with Crippen LogP contribution in [0.15, 0.2) is 0 Å². The fourth-order valence-corrected chi connectivity index (χ4v) is 2.97. The van der Waals surface area contributed by atoms with E-state index in [1.54, 1.807) is 0 Å². The minimum atomic E-state index is -4.11. The Bertz CT molecular complexity index is 269. The van der Waals surface area contributed by atoms with Crippen molar-refractivity contribution in [2.75, 3.05) is 39.3 Å². The highest BCUT2D eigenvalue weighted by Crippen LogP contribution is 2.30. The van der Waals surface area contributed by atoms with Crippen molar-refractivity contribution in [2.24, 2.45) is 0 Å². The molecule has 0 atom stereocenters. The summed E-state index contributed by atoms with van der Waals surface area (Å²) in [6, 6.07) is 0. The maximum atomic E-state index is 12.2. The number of halogens is 3. The largest absolute Gasteiger partial charge is 0.401 e. The lowest BCUT2D eigenvalue weighted by Crippen LogP contribution is -2.52. The Hall–Kier alpha value is -0.330. The van der Waals surface area contributed by atoms with Gasteiger partial charge in [0.2, 0.25) is 0 Å². The lowest BCUT2D eigenvalue weighted by Gasteiger charge is -2.38. The van der Waals surface area contributed by atoms with Gasteiger partial charge in [0.25, 0.3) is 0 Å². The van der Waals surface area contributed by atoms with Crippen molar-refractivity contribution < 1.29 is 18.3 Å². The van der Waals surface area contributed by atoms with Crippen LogP contribution in [0.1, 0.15) is 25.7 Å². The van der Waals surface area contributed by atoms with Gasteiger partial charge < -0.3 is 5.11 Å². The average molecular weight is 266 g/mol. The Labute approximate surface area is 106 Å². The molecule has 0 bridgehead atoms. The van der Waals surface area contributed by atoms with Crippen molar-refractivity contribution in [1.82, 2.24) is 9.80 Å². The van der Waals surface area contributed by atoms with Crippen LogP contribution in [0.3, 0.4) is 0 Å². The highest BCUT2D eigenvalue weighted by Gasteiger charge is 2.36. The molecule has 2 fully saturated rings. The van der Waals surface area contributed by atoms with Crippen LogP contribution in [0, 0.1) is 0 Å². The van der Waals surface area contributed by atoms with Gasteiger partial charge in [0.1, 0.15) is 0 Å². The zero-order valence-corrected chi connectivity index (χ0v) is 10.5. The van der Waals surface area contributed by atoms with Crippen LogP contribution in [0.5, 0.6) is 0 Å². The summed E-state index contributed by atoms with van der Waals surface area (Å²) < 4.78 is 36.7. The minimum Gasteiger partial charge on any atom is -0.389 e. The molecule has 0 radical (unpaired) electrons. The average Bonchev–Trinajstić information content (AvgIpc) is 2.66. The Kier molecular flexibility index (Phi) is 4.18. The molecule has 0 aromatic carbocycles. The number of hydrogen-bond acceptors (Lipinski definition) is 3. The third kappa shape index (κ3) is 4.10. The second-order valence-electron chi connectivity index (χ2n) is 5.60. The van der Waals surface area contributed by atoms with Gasteiger partial charge in [0, 0.05) is 32.7 Å². The van der Waals surface area contributed by atoms with E-state index in [9.17, 15) is 18.3 Å². The topological polar surface area (TPSA) is 26.7 Å². The lowest BCUT2D eigenvalue weighted by atomic mass is 10.0. The van der Waals surface area contributed by atoms with Gasteiger partial charge in [-0.1, -0.05) is 12.8 Å². The van der Waals surface area contributed by atoms with Gasteiger partial charge in [0.05, 0.1) is 12.1 Å². The highest BCUT2D eigenvalue weighted by atomic mass is 19.4. The molecular formula is C12H21F3N2O. The fraction of sp³-hybridized carbons (Fsp3) is 1.00. The first kappa shape index (κ1) is 14.1. The van der Waals surface area contributed by atoms with Crippen LogP contribution in [-0.2, 0) is 0 Å². The molecule has 1 aliphatic heterocycles. The summed E-state index contributed by atoms with van der Waals surface area (Å²) in [6.07, 6.45) is -0.327. The SMILES string of the molecule is OC1(CN2CCN(CC(F)(F)F)CC2)CCCC1. The molecule has 0 aromatic rings. The van der Waals surface area contributed by atoms with Crippen molar-refractivity contribution in [3.8, 4) is 0 Å². The van der Waals surface area contributed by atoms with Gasteiger partial charge in [-0.2, -0.15) is 13.2 Å². The predicted octanol–water partition coefficient (Wildman–Crippen LogP) is 1.47. The fourth-order valence-electron chi connectivity index (χ4n) is 2.97. The number of alkyl halides is 3. The Morgan fingerprint density at radius 3 is 1.94 bits per heavy atom. The van der Waals surface area contributed by atoms with E-state index in [-0.39, 0.29) is 0 Å². The molecule has 0 aromatic heterocycles. The molecule has 1 N–H and O–H groups in total. The third-order valence-corrected chi connectivity index (χ3v) is 3.92. The molecule has 0 unspecified atom stereocenters. The summed E-state index contributed by atoms with van der Waals surface area (Å²) in [5.41, 5.74) is -0.591. The first-order valence-corrected chi connectivity index (χ1v) is 6.60. The number of nitrogens with zero attached hydrogens (tertiary/aromatic N) is 2. The molecule has 1 heterocycles. The zero-order chi connectivity index (χ0) is 13.2. The second kappa shape index (κ2) is 5.35. The van der Waals surface area contributed by atoms with E-state index in [1.807, 2.05) is 0 Å². The highest BCUT2D eigenvalue weighted by molar-refractivity contribution is 4.88. The van der Waals surface area contributed by atoms with E-state index in [1.165, 1.54) is 4.90 Å². The van der Waals surface area contributed by atoms with E-state index >= 15 is 0 Å². The van der Waals surface area contributed by atoms with E-state index in [2.05, 4.69) is 4.90 Å². The molecule has 2 rings (SSSR count). The molecule has 106 valence electrons. The van der Waals surface area contributed by atoms with Crippen LogP contribution in [-0.4, -0.2) is 66.0 Å². The Balaban J connectivity index is 1.73. The van der Waals surface area contributed by atoms with Crippen LogP contribution in [0.25, 0.3) is 0 Å². The van der Waals surface area contributed by atoms with E-state index in [0.717, 1.165) is 25.7 Å². The van der Waals surface area contributed by atoms with Crippen LogP contribution < -0.4 is 0 Å². The summed E-state index contributed by atoms with van der Waals surface area (Å²) in [5, 5.41) is 10.3. The number of hydrogen-bond donors (Lipinski definition) is 1. The summed E-state index contributed by atoms with van der Waals surface area (Å²) in [4.78, 5) is 3.54. The Morgan fingerprint density at radius 1 is 0.944 bits per heavy atom. The molecule has 1 saturated heterocycles. The van der Waals surface area contributed by atoms with Gasteiger partial charge in [-0.15, -0.1) is 0 Å². The van der Waals surface area contributed by atoms with Crippen LogP contribution in [0.2, 0.25) is 0 Å². The molecule has 0 amide bonds. The van der Waals surface area contributed by atoms with E-state index in [0.29, 0.717) is 32.7 Å². The maximum absolute atomic E-state index is 12.2. The number of rotatable bonds is 3. The molecule has 18 heavy (non-hydrogen) atoms. The number of β-amino-alcohol motifs (C(OH)–C–C–N with tert-alkyl or cyclic N) is 1. The predicted molar refractivity (Wildman–Crippen MR) is 62.4 cm³/mol. The summed E-state index contributed by atoms with van der Waals surface area (Å²) in [6.45, 7) is 1.93. The second-order valence-corrected chi connectivity index (χ2v) is 5.60. The van der Waals surface area contributed by atoms with Crippen molar-refractivity contribution in [3.63, 3.8) is 0 Å². The quantitative estimate of drug-likeness (QED) is 0.838. The smallest absolute Gasteiger partial charge is 0.389 e. The van der Waals surface area contributed by atoms with E-state index in [4.69, 9.17) is 0 Å². The lowest BCUT2D eigenvalue weighted by molar-refractivity contribution is -0.150. The van der Waals surface area contributed by atoms with Crippen LogP contribution in [0.4, 0.5) is 13.2 Å². The summed E-state index contributed by atoms with van der Waals surface area (Å²) in [7, 11) is 0. The molecule has 3 nitrogen and oxygen atoms in total. The third-order valence-electron chi connectivity index (χ3n) is 3.92. The molecule has 2 aliphatic rings. The maximum Gasteiger partial charge on any atom is 0.401 e. The number of aliphatic hydroxyl groups is 1. The van der Waals surface area contributed by atoms with Gasteiger partial charge in [-0.25, -0.2) is 0 Å². The zero-order valence-electron chi connectivity index (χ0n) is 10.5. The monoisotopic (exact) mass is 266 g/mol. The first-order valence-electron chi connectivity index (χ1n) is 6.60. The van der Waals surface area contributed by atoms with Gasteiger partial charge in [0.15, 0.2) is 0 Å². The van der Waals surface area contributed by atoms with Crippen molar-refractivity contribution in [1.29, 1.82) is 0 Å². The van der Waals surface area contributed by atoms with Gasteiger partial charge in [-0.3, -0.25) is 9.80 Å². The molecule has 6 heteroatoms. The summed E-state index contributed by atoms with van der Waals surface area (Å²) >= 11 is 0. The first-order chi connectivity index (χ1) is 8.36. The normalized spacial score (nSPS) is 26.7. The minimum absolute atomic E-state index is 0.440. The number of piperazine rings is 1. The molecule has 1 saturated carbocycles. The summed E-state index contributed by atoms with van der Waals surface area (Å²) in [5.74, 6) is 0. The van der Waals surface area contributed by atoms with Crippen LogP contribution >= 0.6 is 0 Å². The Morgan fingerprint density at radius 2 is 1.44 bits per heavy atom. The standard InChI is InChI=1S/C12H21F3N2O/c13-12(14,15)10-17-7-5-16(6-8-17)9-11(18)3-1-2-4-11/h18H,1-10H2. The molecule has 0 spiro atoms. The van der Waals surface area contributed by atoms with Gasteiger partial charge in [-0.05, 0) is 12.8 Å². The molecular weight excluding hydrogens is 245 g/mol. The van der Waals surface area contributed by atoms with E-state index < -0.39 is 18.3 Å². The van der Waals surface area contributed by atoms with Crippen molar-refractivity contribution >= 4 is 0 Å². The molecule has 1 aliphatic carbocycles. The van der Waals surface area contributed by atoms with Crippen molar-refractivity contribution in [2.45, 2.75) is 37.5 Å². The van der Waals surface area contributed by atoms with Crippen molar-refractivity contribution in [3.05, 3.63) is 0 Å². The van der Waals surface area contributed by atoms with Gasteiger partial charge >= 0.3 is 6.18 Å².